The predicted octanol–water partition coefficient (Wildman–Crippen LogP) is 0.676. The maximum Gasteiger partial charge on any atom is 0.308 e. The average molecular weight is 453 g/mol. The second kappa shape index (κ2) is 9.82. The van der Waals surface area contributed by atoms with Crippen molar-refractivity contribution in [3.05, 3.63) is 35.9 Å². The van der Waals surface area contributed by atoms with Crippen LogP contribution in [0.4, 0.5) is 0 Å². The highest BCUT2D eigenvalue weighted by molar-refractivity contribution is 5.84. The zero-order chi connectivity index (χ0) is 23.5. The van der Waals surface area contributed by atoms with Crippen molar-refractivity contribution >= 4 is 11.9 Å². The number of esters is 1. The van der Waals surface area contributed by atoms with Crippen LogP contribution < -0.4 is 5.32 Å². The van der Waals surface area contributed by atoms with E-state index in [1.165, 1.54) is 21.3 Å². The lowest BCUT2D eigenvalue weighted by Gasteiger charge is -2.40. The Labute approximate surface area is 187 Å². The number of aliphatic hydroxyl groups excluding tert-OH is 1. The van der Waals surface area contributed by atoms with Gasteiger partial charge in [0.25, 0.3) is 5.91 Å². The monoisotopic (exact) mass is 453 g/mol. The summed E-state index contributed by atoms with van der Waals surface area (Å²) >= 11 is 0. The molecule has 2 fully saturated rings. The molecule has 1 amide bonds. The van der Waals surface area contributed by atoms with Gasteiger partial charge in [-0.1, -0.05) is 30.3 Å². The van der Waals surface area contributed by atoms with E-state index in [1.807, 2.05) is 6.07 Å². The van der Waals surface area contributed by atoms with Crippen molar-refractivity contribution in [1.29, 1.82) is 0 Å². The Morgan fingerprint density at radius 1 is 1.19 bits per heavy atom. The van der Waals surface area contributed by atoms with Crippen LogP contribution >= 0.6 is 0 Å². The molecule has 32 heavy (non-hydrogen) atoms. The Morgan fingerprint density at radius 3 is 2.44 bits per heavy atom. The van der Waals surface area contributed by atoms with Gasteiger partial charge in [-0.2, -0.15) is 0 Å². The van der Waals surface area contributed by atoms with Gasteiger partial charge in [0.1, 0.15) is 23.9 Å². The quantitative estimate of drug-likeness (QED) is 0.520. The Hall–Kier alpha value is -2.08. The maximum atomic E-state index is 13.3. The number of hydrogen-bond acceptors (Lipinski definition) is 9. The molecule has 0 spiro atoms. The standard InChI is InChI=1S/C22H31NO9/c1-21(2)31-17-16(29-5)18(30-20(17)32-21)22(12-24,11-14(25)27-3)23-19(26)15(28-4)13-9-7-6-8-10-13/h6-10,15-18,20,24H,11-12H2,1-5H3,(H,23,26)/t15-,16+,17-,18+,20-,22-/m1/s1. The molecule has 0 aliphatic carbocycles. The molecule has 178 valence electrons. The van der Waals surface area contributed by atoms with Crippen molar-refractivity contribution in [3.8, 4) is 0 Å². The van der Waals surface area contributed by atoms with Crippen molar-refractivity contribution in [1.82, 2.24) is 5.32 Å². The van der Waals surface area contributed by atoms with Gasteiger partial charge >= 0.3 is 5.97 Å². The summed E-state index contributed by atoms with van der Waals surface area (Å²) in [5.41, 5.74) is -0.976. The van der Waals surface area contributed by atoms with Gasteiger partial charge in [0.05, 0.1) is 20.1 Å². The lowest BCUT2D eigenvalue weighted by Crippen LogP contribution is -2.64. The topological polar surface area (TPSA) is 122 Å². The summed E-state index contributed by atoms with van der Waals surface area (Å²) in [5.74, 6) is -2.10. The molecule has 2 heterocycles. The number of nitrogens with one attached hydrogen (secondary N) is 1. The van der Waals surface area contributed by atoms with E-state index in [4.69, 9.17) is 28.4 Å². The molecule has 2 saturated heterocycles. The zero-order valence-corrected chi connectivity index (χ0v) is 18.9. The molecule has 0 bridgehead atoms. The molecule has 1 aromatic carbocycles. The van der Waals surface area contributed by atoms with Crippen LogP contribution in [0.1, 0.15) is 31.9 Å². The number of carbonyl (C=O) groups excluding carboxylic acids is 2. The van der Waals surface area contributed by atoms with Crippen molar-refractivity contribution in [3.63, 3.8) is 0 Å². The highest BCUT2D eigenvalue weighted by atomic mass is 16.8. The number of carbonyl (C=O) groups is 2. The van der Waals surface area contributed by atoms with E-state index in [0.717, 1.165) is 0 Å². The van der Waals surface area contributed by atoms with Crippen LogP contribution in [-0.2, 0) is 38.0 Å². The molecule has 3 rings (SSSR count). The van der Waals surface area contributed by atoms with Gasteiger partial charge in [-0.15, -0.1) is 0 Å². The third-order valence-electron chi connectivity index (χ3n) is 5.73. The fourth-order valence-corrected chi connectivity index (χ4v) is 4.25. The van der Waals surface area contributed by atoms with E-state index in [1.54, 1.807) is 38.1 Å². The molecule has 1 aromatic rings. The van der Waals surface area contributed by atoms with Gasteiger partial charge in [-0.3, -0.25) is 9.59 Å². The fourth-order valence-electron chi connectivity index (χ4n) is 4.25. The number of aliphatic hydroxyl groups is 1. The van der Waals surface area contributed by atoms with Crippen LogP contribution in [0.15, 0.2) is 30.3 Å². The van der Waals surface area contributed by atoms with E-state index in [0.29, 0.717) is 5.56 Å². The van der Waals surface area contributed by atoms with Crippen LogP contribution in [0.2, 0.25) is 0 Å². The minimum atomic E-state index is -1.59. The highest BCUT2D eigenvalue weighted by Crippen LogP contribution is 2.42. The number of benzene rings is 1. The van der Waals surface area contributed by atoms with Crippen LogP contribution in [0.25, 0.3) is 0 Å². The van der Waals surface area contributed by atoms with Crippen molar-refractivity contribution in [2.45, 2.75) is 62.3 Å². The number of rotatable bonds is 9. The minimum Gasteiger partial charge on any atom is -0.469 e. The molecule has 2 aliphatic rings. The molecule has 2 aliphatic heterocycles. The van der Waals surface area contributed by atoms with Crippen molar-refractivity contribution < 1.29 is 43.1 Å². The van der Waals surface area contributed by atoms with Gasteiger partial charge < -0.3 is 38.8 Å². The number of amides is 1. The summed E-state index contributed by atoms with van der Waals surface area (Å²) in [6, 6.07) is 8.86. The molecule has 2 N–H and O–H groups in total. The minimum absolute atomic E-state index is 0.371. The molecule has 10 nitrogen and oxygen atoms in total. The third-order valence-corrected chi connectivity index (χ3v) is 5.73. The summed E-state index contributed by atoms with van der Waals surface area (Å²) < 4.78 is 33.6. The fraction of sp³-hybridized carbons (Fsp3) is 0.636. The number of hydrogen-bond donors (Lipinski definition) is 2. The van der Waals surface area contributed by atoms with Gasteiger partial charge in [0.2, 0.25) is 0 Å². The van der Waals surface area contributed by atoms with Crippen LogP contribution in [-0.4, -0.2) is 80.8 Å². The lowest BCUT2D eigenvalue weighted by atomic mass is 9.85. The van der Waals surface area contributed by atoms with Crippen LogP contribution in [0, 0.1) is 0 Å². The summed E-state index contributed by atoms with van der Waals surface area (Å²) in [6.45, 7) is 2.86. The summed E-state index contributed by atoms with van der Waals surface area (Å²) in [4.78, 5) is 25.6. The third kappa shape index (κ3) is 4.80. The molecule has 0 radical (unpaired) electrons. The first-order valence-corrected chi connectivity index (χ1v) is 10.3. The largest absolute Gasteiger partial charge is 0.469 e. The van der Waals surface area contributed by atoms with Crippen molar-refractivity contribution in [2.24, 2.45) is 0 Å². The summed E-state index contributed by atoms with van der Waals surface area (Å²) in [6.07, 6.45) is -4.48. The first-order chi connectivity index (χ1) is 15.2. The number of fused-ring (bicyclic) bond motifs is 1. The predicted molar refractivity (Wildman–Crippen MR) is 110 cm³/mol. The van der Waals surface area contributed by atoms with Gasteiger partial charge in [0.15, 0.2) is 18.2 Å². The Bertz CT molecular complexity index is 802. The zero-order valence-electron chi connectivity index (χ0n) is 18.9. The van der Waals surface area contributed by atoms with E-state index >= 15 is 0 Å². The van der Waals surface area contributed by atoms with E-state index < -0.39 is 60.5 Å². The molecule has 0 aromatic heterocycles. The van der Waals surface area contributed by atoms with Crippen LogP contribution in [0.3, 0.4) is 0 Å². The van der Waals surface area contributed by atoms with Crippen molar-refractivity contribution in [2.75, 3.05) is 27.9 Å². The molecule has 6 atom stereocenters. The first kappa shape index (κ1) is 24.6. The lowest BCUT2D eigenvalue weighted by molar-refractivity contribution is -0.229. The maximum absolute atomic E-state index is 13.3. The summed E-state index contributed by atoms with van der Waals surface area (Å²) in [5, 5.41) is 13.2. The molecule has 0 unspecified atom stereocenters. The summed E-state index contributed by atoms with van der Waals surface area (Å²) in [7, 11) is 4.08. The highest BCUT2D eigenvalue weighted by Gasteiger charge is 2.61. The smallest absolute Gasteiger partial charge is 0.308 e. The molecule has 10 heteroatoms. The van der Waals surface area contributed by atoms with Gasteiger partial charge in [-0.25, -0.2) is 0 Å². The van der Waals surface area contributed by atoms with Gasteiger partial charge in [-0.05, 0) is 19.4 Å². The van der Waals surface area contributed by atoms with Crippen LogP contribution in [0.5, 0.6) is 0 Å². The second-order valence-electron chi connectivity index (χ2n) is 8.31. The molecular weight excluding hydrogens is 422 g/mol. The normalized spacial score (nSPS) is 29.1. The first-order valence-electron chi connectivity index (χ1n) is 10.3. The number of ether oxygens (including phenoxy) is 6. The van der Waals surface area contributed by atoms with Gasteiger partial charge in [0, 0.05) is 14.2 Å². The number of methoxy groups -OCH3 is 3. The van der Waals surface area contributed by atoms with E-state index in [2.05, 4.69) is 5.32 Å². The second-order valence-corrected chi connectivity index (χ2v) is 8.31. The Kier molecular flexibility index (Phi) is 7.53. The Morgan fingerprint density at radius 2 is 1.88 bits per heavy atom. The SMILES string of the molecule is COC(=O)C[C@](CO)(NC(=O)[C@H](OC)c1ccccc1)[C@H]1O[C@@H]2OC(C)(C)O[C@@H]2[C@@H]1OC. The Balaban J connectivity index is 1.92. The average Bonchev–Trinajstić information content (AvgIpc) is 3.25. The molecular formula is C22H31NO9. The van der Waals surface area contributed by atoms with E-state index in [9.17, 15) is 14.7 Å². The molecule has 0 saturated carbocycles. The van der Waals surface area contributed by atoms with E-state index in [-0.39, 0.29) is 6.42 Å².